The molecule has 0 spiro atoms. The van der Waals surface area contributed by atoms with E-state index >= 15 is 0 Å². The van der Waals surface area contributed by atoms with Crippen molar-refractivity contribution in [2.45, 2.75) is 9.79 Å². The average molecular weight is 310 g/mol. The SMILES string of the molecule is COCOc1ccc2c(c1)Nc1cc(Cl)c(O)cc1S2. The van der Waals surface area contributed by atoms with Gasteiger partial charge in [-0.2, -0.15) is 0 Å². The first-order valence-electron chi connectivity index (χ1n) is 5.90. The molecular formula is C14H12ClNO3S. The zero-order valence-electron chi connectivity index (χ0n) is 10.6. The number of hydrogen-bond donors (Lipinski definition) is 2. The summed E-state index contributed by atoms with van der Waals surface area (Å²) in [6.45, 7) is 0.211. The normalized spacial score (nSPS) is 12.3. The number of halogens is 1. The minimum Gasteiger partial charge on any atom is -0.506 e. The minimum atomic E-state index is 0.0863. The Morgan fingerprint density at radius 3 is 2.80 bits per heavy atom. The Morgan fingerprint density at radius 1 is 1.20 bits per heavy atom. The molecule has 0 aliphatic carbocycles. The third kappa shape index (κ3) is 2.52. The van der Waals surface area contributed by atoms with Crippen LogP contribution in [0.3, 0.4) is 0 Å². The molecule has 2 aromatic rings. The highest BCUT2D eigenvalue weighted by Gasteiger charge is 2.18. The number of nitrogens with one attached hydrogen (secondary N) is 1. The summed E-state index contributed by atoms with van der Waals surface area (Å²) in [4.78, 5) is 1.99. The fraction of sp³-hybridized carbons (Fsp3) is 0.143. The van der Waals surface area contributed by atoms with Gasteiger partial charge in [-0.15, -0.1) is 0 Å². The third-order valence-corrected chi connectivity index (χ3v) is 4.27. The van der Waals surface area contributed by atoms with E-state index in [0.29, 0.717) is 5.02 Å². The Balaban J connectivity index is 1.92. The first-order chi connectivity index (χ1) is 9.67. The Hall–Kier alpha value is -1.56. The van der Waals surface area contributed by atoms with Crippen molar-refractivity contribution in [3.8, 4) is 11.5 Å². The van der Waals surface area contributed by atoms with Crippen molar-refractivity contribution in [3.63, 3.8) is 0 Å². The lowest BCUT2D eigenvalue weighted by molar-refractivity contribution is 0.0511. The van der Waals surface area contributed by atoms with Crippen molar-refractivity contribution in [1.29, 1.82) is 0 Å². The first kappa shape index (κ1) is 13.4. The molecule has 104 valence electrons. The lowest BCUT2D eigenvalue weighted by atomic mass is 10.2. The molecule has 0 bridgehead atoms. The van der Waals surface area contributed by atoms with Gasteiger partial charge < -0.3 is 19.9 Å². The number of ether oxygens (including phenoxy) is 2. The molecule has 1 aliphatic heterocycles. The number of benzene rings is 2. The minimum absolute atomic E-state index is 0.0863. The summed E-state index contributed by atoms with van der Waals surface area (Å²) >= 11 is 7.50. The van der Waals surface area contributed by atoms with Crippen LogP contribution < -0.4 is 10.1 Å². The summed E-state index contributed by atoms with van der Waals surface area (Å²) in [5, 5.41) is 13.3. The summed E-state index contributed by atoms with van der Waals surface area (Å²) in [7, 11) is 1.58. The number of phenolic OH excluding ortho intramolecular Hbond substituents is 1. The van der Waals surface area contributed by atoms with E-state index in [1.807, 2.05) is 18.2 Å². The number of fused-ring (bicyclic) bond motifs is 2. The summed E-state index contributed by atoms with van der Waals surface area (Å²) < 4.78 is 10.3. The van der Waals surface area contributed by atoms with Gasteiger partial charge in [0.2, 0.25) is 0 Å². The lowest BCUT2D eigenvalue weighted by Gasteiger charge is -2.22. The maximum atomic E-state index is 9.66. The van der Waals surface area contributed by atoms with E-state index in [1.54, 1.807) is 31.0 Å². The number of phenols is 1. The molecule has 4 nitrogen and oxygen atoms in total. The molecule has 0 unspecified atom stereocenters. The van der Waals surface area contributed by atoms with E-state index in [0.717, 1.165) is 26.9 Å². The van der Waals surface area contributed by atoms with Gasteiger partial charge in [0.05, 0.1) is 16.4 Å². The summed E-state index contributed by atoms with van der Waals surface area (Å²) in [5.41, 5.74) is 1.81. The van der Waals surface area contributed by atoms with E-state index in [9.17, 15) is 5.11 Å². The molecule has 2 N–H and O–H groups in total. The molecule has 0 fully saturated rings. The second-order valence-corrected chi connectivity index (χ2v) is 5.73. The van der Waals surface area contributed by atoms with E-state index in [-0.39, 0.29) is 12.5 Å². The van der Waals surface area contributed by atoms with Crippen molar-refractivity contribution >= 4 is 34.7 Å². The van der Waals surface area contributed by atoms with Crippen LogP contribution in [0.4, 0.5) is 11.4 Å². The molecule has 6 heteroatoms. The zero-order valence-corrected chi connectivity index (χ0v) is 12.2. The van der Waals surface area contributed by atoms with Crippen LogP contribution in [0.2, 0.25) is 5.02 Å². The molecule has 20 heavy (non-hydrogen) atoms. The van der Waals surface area contributed by atoms with Crippen molar-refractivity contribution in [2.24, 2.45) is 0 Å². The average Bonchev–Trinajstić information content (AvgIpc) is 2.44. The fourth-order valence-electron chi connectivity index (χ4n) is 1.90. The number of anilines is 2. The van der Waals surface area contributed by atoms with Gasteiger partial charge in [0.1, 0.15) is 11.5 Å². The predicted molar refractivity (Wildman–Crippen MR) is 79.5 cm³/mol. The molecule has 0 saturated heterocycles. The lowest BCUT2D eigenvalue weighted by Crippen LogP contribution is -2.02. The molecule has 1 aliphatic rings. The quantitative estimate of drug-likeness (QED) is 0.560. The van der Waals surface area contributed by atoms with E-state index < -0.39 is 0 Å². The van der Waals surface area contributed by atoms with E-state index in [2.05, 4.69) is 5.32 Å². The van der Waals surface area contributed by atoms with Gasteiger partial charge in [0.25, 0.3) is 0 Å². The molecule has 0 amide bonds. The molecular weight excluding hydrogens is 298 g/mol. The highest BCUT2D eigenvalue weighted by atomic mass is 35.5. The summed E-state index contributed by atoms with van der Waals surface area (Å²) in [6.07, 6.45) is 0. The molecule has 0 saturated carbocycles. The number of rotatable bonds is 3. The number of hydrogen-bond acceptors (Lipinski definition) is 5. The standard InChI is InChI=1S/C14H12ClNO3S/c1-18-7-19-8-2-3-13-10(4-8)16-11-5-9(15)12(17)6-14(11)20-13/h2-6,16-17H,7H2,1H3. The number of aromatic hydroxyl groups is 1. The predicted octanol–water partition coefficient (Wildman–Crippen LogP) is 4.24. The zero-order chi connectivity index (χ0) is 14.1. The van der Waals surface area contributed by atoms with Crippen LogP contribution in [0.15, 0.2) is 40.1 Å². The van der Waals surface area contributed by atoms with Gasteiger partial charge in [-0.05, 0) is 24.3 Å². The van der Waals surface area contributed by atoms with Crippen LogP contribution in [0.5, 0.6) is 11.5 Å². The van der Waals surface area contributed by atoms with Crippen LogP contribution in [-0.2, 0) is 4.74 Å². The highest BCUT2D eigenvalue weighted by Crippen LogP contribution is 2.47. The maximum absolute atomic E-state index is 9.66. The third-order valence-electron chi connectivity index (χ3n) is 2.83. The van der Waals surface area contributed by atoms with Crippen LogP contribution in [-0.4, -0.2) is 19.0 Å². The Bertz CT molecular complexity index is 663. The van der Waals surface area contributed by atoms with Gasteiger partial charge >= 0.3 is 0 Å². The molecule has 3 rings (SSSR count). The molecule has 2 aromatic carbocycles. The van der Waals surface area contributed by atoms with Crippen molar-refractivity contribution in [1.82, 2.24) is 0 Å². The Kier molecular flexibility index (Phi) is 3.65. The largest absolute Gasteiger partial charge is 0.506 e. The Morgan fingerprint density at radius 2 is 2.00 bits per heavy atom. The molecule has 1 heterocycles. The van der Waals surface area contributed by atoms with Crippen molar-refractivity contribution in [3.05, 3.63) is 35.4 Å². The number of methoxy groups -OCH3 is 1. The van der Waals surface area contributed by atoms with Crippen LogP contribution in [0.25, 0.3) is 0 Å². The van der Waals surface area contributed by atoms with Gasteiger partial charge in [0.15, 0.2) is 6.79 Å². The second kappa shape index (κ2) is 5.44. The second-order valence-electron chi connectivity index (χ2n) is 4.24. The van der Waals surface area contributed by atoms with Crippen LogP contribution in [0, 0.1) is 0 Å². The van der Waals surface area contributed by atoms with E-state index in [1.165, 1.54) is 0 Å². The van der Waals surface area contributed by atoms with Gasteiger partial charge in [0, 0.05) is 23.0 Å². The van der Waals surface area contributed by atoms with Crippen LogP contribution >= 0.6 is 23.4 Å². The van der Waals surface area contributed by atoms with Gasteiger partial charge in [-0.25, -0.2) is 0 Å². The summed E-state index contributed by atoms with van der Waals surface area (Å²) in [6, 6.07) is 9.13. The summed E-state index contributed by atoms with van der Waals surface area (Å²) in [5.74, 6) is 0.815. The first-order valence-corrected chi connectivity index (χ1v) is 7.10. The molecule has 0 radical (unpaired) electrons. The van der Waals surface area contributed by atoms with E-state index in [4.69, 9.17) is 21.1 Å². The molecule has 0 aromatic heterocycles. The Labute approximate surface area is 125 Å². The van der Waals surface area contributed by atoms with Crippen molar-refractivity contribution < 1.29 is 14.6 Å². The highest BCUT2D eigenvalue weighted by molar-refractivity contribution is 7.99. The fourth-order valence-corrected chi connectivity index (χ4v) is 3.05. The smallest absolute Gasteiger partial charge is 0.188 e. The van der Waals surface area contributed by atoms with Gasteiger partial charge in [-0.3, -0.25) is 0 Å². The monoisotopic (exact) mass is 309 g/mol. The van der Waals surface area contributed by atoms with Crippen LogP contribution in [0.1, 0.15) is 0 Å². The topological polar surface area (TPSA) is 50.7 Å². The van der Waals surface area contributed by atoms with Gasteiger partial charge in [-0.1, -0.05) is 23.4 Å². The maximum Gasteiger partial charge on any atom is 0.188 e. The van der Waals surface area contributed by atoms with Crippen molar-refractivity contribution in [2.75, 3.05) is 19.2 Å². The molecule has 0 atom stereocenters.